The van der Waals surface area contributed by atoms with Gasteiger partial charge in [-0.05, 0) is 24.7 Å². The lowest BCUT2D eigenvalue weighted by Crippen LogP contribution is -2.47. The molecule has 2 aromatic heterocycles. The molecule has 2 aromatic rings. The Bertz CT molecular complexity index is 847. The van der Waals surface area contributed by atoms with E-state index in [0.717, 1.165) is 0 Å². The van der Waals surface area contributed by atoms with Crippen LogP contribution in [0.25, 0.3) is 11.2 Å². The molecular formula is C16H26N5O4P. The summed E-state index contributed by atoms with van der Waals surface area (Å²) in [6.45, 7) is 7.55. The monoisotopic (exact) mass is 383 g/mol. The molecule has 1 aliphatic carbocycles. The van der Waals surface area contributed by atoms with Gasteiger partial charge in [-0.1, -0.05) is 27.7 Å². The Labute approximate surface area is 152 Å². The minimum atomic E-state index is -4.51. The zero-order chi connectivity index (χ0) is 19.3. The van der Waals surface area contributed by atoms with Gasteiger partial charge in [0.2, 0.25) is 0 Å². The van der Waals surface area contributed by atoms with Crippen LogP contribution in [0.4, 0.5) is 5.82 Å². The molecule has 1 fully saturated rings. The molecule has 2 heterocycles. The molecule has 1 aliphatic rings. The number of fused-ring (bicyclic) bond motifs is 1. The van der Waals surface area contributed by atoms with Crippen LogP contribution in [0.3, 0.4) is 0 Å². The van der Waals surface area contributed by atoms with Gasteiger partial charge in [-0.3, -0.25) is 4.57 Å². The highest BCUT2D eigenvalue weighted by Crippen LogP contribution is 2.63. The highest BCUT2D eigenvalue weighted by Gasteiger charge is 2.60. The largest absolute Gasteiger partial charge is 0.382 e. The lowest BCUT2D eigenvalue weighted by molar-refractivity contribution is -0.123. The van der Waals surface area contributed by atoms with Gasteiger partial charge in [-0.15, -0.1) is 0 Å². The van der Waals surface area contributed by atoms with Gasteiger partial charge in [0.15, 0.2) is 16.8 Å². The van der Waals surface area contributed by atoms with Gasteiger partial charge in [0.05, 0.1) is 18.5 Å². The number of rotatable bonds is 7. The number of anilines is 1. The summed E-state index contributed by atoms with van der Waals surface area (Å²) in [6.07, 6.45) is 4.42. The molecule has 0 spiro atoms. The number of hydrogen-bond donors (Lipinski definition) is 3. The molecule has 9 nitrogen and oxygen atoms in total. The number of nitrogens with zero attached hydrogens (tertiary/aromatic N) is 4. The van der Waals surface area contributed by atoms with E-state index in [-0.39, 0.29) is 11.8 Å². The van der Waals surface area contributed by atoms with E-state index in [1.807, 2.05) is 4.57 Å². The predicted octanol–water partition coefficient (Wildman–Crippen LogP) is 2.14. The SMILES string of the molecule is CC(C)C(OC1(Cn2cnc3c(N)ncnc32)CC1)(C(C)C)P(=O)(O)O. The fraction of sp³-hybridized carbons (Fsp3) is 0.688. The second kappa shape index (κ2) is 6.27. The van der Waals surface area contributed by atoms with Gasteiger partial charge in [-0.25, -0.2) is 15.0 Å². The minimum Gasteiger partial charge on any atom is -0.382 e. The normalized spacial score (nSPS) is 17.4. The molecule has 0 aliphatic heterocycles. The number of imidazole rings is 1. The van der Waals surface area contributed by atoms with Crippen molar-refractivity contribution in [2.75, 3.05) is 5.73 Å². The van der Waals surface area contributed by atoms with Gasteiger partial charge in [0, 0.05) is 0 Å². The Kier molecular flexibility index (Phi) is 4.63. The zero-order valence-corrected chi connectivity index (χ0v) is 16.3. The van der Waals surface area contributed by atoms with Crippen molar-refractivity contribution in [2.45, 2.75) is 58.0 Å². The Morgan fingerprint density at radius 2 is 1.88 bits per heavy atom. The Morgan fingerprint density at radius 1 is 1.27 bits per heavy atom. The topological polar surface area (TPSA) is 136 Å². The maximum atomic E-state index is 12.4. The maximum absolute atomic E-state index is 12.4. The number of nitrogens with two attached hydrogens (primary N) is 1. The summed E-state index contributed by atoms with van der Waals surface area (Å²) in [6, 6.07) is 0. The highest BCUT2D eigenvalue weighted by atomic mass is 31.2. The Balaban J connectivity index is 1.95. The molecule has 1 saturated carbocycles. The molecule has 144 valence electrons. The Hall–Kier alpha value is -1.54. The van der Waals surface area contributed by atoms with E-state index >= 15 is 0 Å². The first-order valence-corrected chi connectivity index (χ1v) is 10.3. The summed E-state index contributed by atoms with van der Waals surface area (Å²) >= 11 is 0. The van der Waals surface area contributed by atoms with Crippen LogP contribution in [0.15, 0.2) is 12.7 Å². The van der Waals surface area contributed by atoms with Crippen molar-refractivity contribution in [3.63, 3.8) is 0 Å². The molecule has 3 rings (SSSR count). The third-order valence-corrected chi connectivity index (χ3v) is 7.22. The lowest BCUT2D eigenvalue weighted by Gasteiger charge is -2.43. The van der Waals surface area contributed by atoms with E-state index in [1.54, 1.807) is 34.0 Å². The third-order valence-electron chi connectivity index (χ3n) is 5.19. The first-order valence-electron chi connectivity index (χ1n) is 8.69. The zero-order valence-electron chi connectivity index (χ0n) is 15.5. The van der Waals surface area contributed by atoms with Crippen molar-refractivity contribution in [1.29, 1.82) is 0 Å². The standard InChI is InChI=1S/C16H26N5O4P/c1-10(2)16(11(3)4,26(22,23)24)25-15(5-6-15)7-21-9-20-12-13(17)18-8-19-14(12)21/h8-11H,5-7H2,1-4H3,(H2,17,18,19)(H2,22,23,24). The average Bonchev–Trinajstić information content (AvgIpc) is 3.15. The van der Waals surface area contributed by atoms with Gasteiger partial charge < -0.3 is 24.8 Å². The van der Waals surface area contributed by atoms with Crippen LogP contribution in [-0.2, 0) is 15.8 Å². The van der Waals surface area contributed by atoms with Crippen molar-refractivity contribution in [2.24, 2.45) is 11.8 Å². The summed E-state index contributed by atoms with van der Waals surface area (Å²) in [4.78, 5) is 32.7. The molecular weight excluding hydrogens is 357 g/mol. The quantitative estimate of drug-likeness (QED) is 0.619. The second-order valence-electron chi connectivity index (χ2n) is 7.69. The van der Waals surface area contributed by atoms with Crippen LogP contribution in [0.1, 0.15) is 40.5 Å². The molecule has 0 bridgehead atoms. The van der Waals surface area contributed by atoms with Gasteiger partial charge in [-0.2, -0.15) is 0 Å². The second-order valence-corrected chi connectivity index (χ2v) is 9.48. The first-order chi connectivity index (χ1) is 12.0. The van der Waals surface area contributed by atoms with E-state index in [1.165, 1.54) is 6.33 Å². The number of ether oxygens (including phenoxy) is 1. The van der Waals surface area contributed by atoms with Gasteiger partial charge in [0.1, 0.15) is 11.8 Å². The van der Waals surface area contributed by atoms with E-state index < -0.39 is 18.5 Å². The molecule has 0 radical (unpaired) electrons. The van der Waals surface area contributed by atoms with Crippen LogP contribution >= 0.6 is 7.60 Å². The van der Waals surface area contributed by atoms with Crippen molar-refractivity contribution >= 4 is 24.6 Å². The van der Waals surface area contributed by atoms with Crippen LogP contribution in [0.5, 0.6) is 0 Å². The molecule has 10 heteroatoms. The van der Waals surface area contributed by atoms with Crippen LogP contribution < -0.4 is 5.73 Å². The molecule has 4 N–H and O–H groups in total. The minimum absolute atomic E-state index is 0.299. The third kappa shape index (κ3) is 3.03. The summed E-state index contributed by atoms with van der Waals surface area (Å²) < 4.78 is 20.5. The predicted molar refractivity (Wildman–Crippen MR) is 97.2 cm³/mol. The lowest BCUT2D eigenvalue weighted by atomic mass is 9.94. The first kappa shape index (κ1) is 19.2. The van der Waals surface area contributed by atoms with E-state index in [2.05, 4.69) is 15.0 Å². The van der Waals surface area contributed by atoms with Crippen molar-refractivity contribution < 1.29 is 19.1 Å². The number of aromatic nitrogens is 4. The van der Waals surface area contributed by atoms with Crippen LogP contribution in [0.2, 0.25) is 0 Å². The fourth-order valence-corrected chi connectivity index (χ4v) is 5.40. The van der Waals surface area contributed by atoms with Crippen LogP contribution in [0, 0.1) is 11.8 Å². The van der Waals surface area contributed by atoms with Crippen molar-refractivity contribution in [3.8, 4) is 0 Å². The summed E-state index contributed by atoms with van der Waals surface area (Å²) in [7, 11) is -4.51. The maximum Gasteiger partial charge on any atom is 0.357 e. The molecule has 0 unspecified atom stereocenters. The Morgan fingerprint density at radius 3 is 2.38 bits per heavy atom. The summed E-state index contributed by atoms with van der Waals surface area (Å²) in [5.41, 5.74) is 6.27. The number of nitrogen functional groups attached to an aromatic ring is 1. The molecule has 0 aromatic carbocycles. The van der Waals surface area contributed by atoms with E-state index in [9.17, 15) is 14.4 Å². The van der Waals surface area contributed by atoms with Gasteiger partial charge >= 0.3 is 7.60 Å². The van der Waals surface area contributed by atoms with Gasteiger partial charge in [0.25, 0.3) is 0 Å². The average molecular weight is 383 g/mol. The molecule has 26 heavy (non-hydrogen) atoms. The molecule has 0 atom stereocenters. The van der Waals surface area contributed by atoms with E-state index in [4.69, 9.17) is 10.5 Å². The van der Waals surface area contributed by atoms with Crippen LogP contribution in [-0.4, -0.2) is 40.2 Å². The van der Waals surface area contributed by atoms with Crippen molar-refractivity contribution in [3.05, 3.63) is 12.7 Å². The van der Waals surface area contributed by atoms with Crippen molar-refractivity contribution in [1.82, 2.24) is 19.5 Å². The number of hydrogen-bond acceptors (Lipinski definition) is 6. The summed E-state index contributed by atoms with van der Waals surface area (Å²) in [5, 5.41) is -1.53. The highest BCUT2D eigenvalue weighted by molar-refractivity contribution is 7.53. The smallest absolute Gasteiger partial charge is 0.357 e. The summed E-state index contributed by atoms with van der Waals surface area (Å²) in [5.74, 6) is -0.398. The molecule has 0 amide bonds. The molecule has 0 saturated heterocycles. The van der Waals surface area contributed by atoms with E-state index in [0.29, 0.717) is 36.4 Å². The fourth-order valence-electron chi connectivity index (χ4n) is 3.74.